The van der Waals surface area contributed by atoms with Crippen molar-refractivity contribution >= 4 is 24.2 Å². The Morgan fingerprint density at radius 2 is 2.10 bits per heavy atom. The number of hydrogen-bond acceptors (Lipinski definition) is 5. The van der Waals surface area contributed by atoms with Crippen LogP contribution < -0.4 is 10.5 Å². The molecule has 2 rings (SSSR count). The SMILES string of the molecule is CCOC(=O)c1cccc(Oc2cccnc2N)c1.Cl. The quantitative estimate of drug-likeness (QED) is 0.877. The number of nitrogens with two attached hydrogens (primary N) is 1. The van der Waals surface area contributed by atoms with Crippen molar-refractivity contribution in [3.63, 3.8) is 0 Å². The largest absolute Gasteiger partial charge is 0.462 e. The van der Waals surface area contributed by atoms with Gasteiger partial charge in [0, 0.05) is 6.20 Å². The Morgan fingerprint density at radius 3 is 2.80 bits per heavy atom. The number of carbonyl (C=O) groups excluding carboxylic acids is 1. The van der Waals surface area contributed by atoms with Gasteiger partial charge in [0.15, 0.2) is 11.6 Å². The maximum atomic E-state index is 11.6. The summed E-state index contributed by atoms with van der Waals surface area (Å²) in [5.74, 6) is 0.866. The summed E-state index contributed by atoms with van der Waals surface area (Å²) >= 11 is 0. The molecule has 0 spiro atoms. The minimum absolute atomic E-state index is 0. The summed E-state index contributed by atoms with van der Waals surface area (Å²) in [5, 5.41) is 0. The van der Waals surface area contributed by atoms with Gasteiger partial charge in [-0.3, -0.25) is 0 Å². The lowest BCUT2D eigenvalue weighted by Gasteiger charge is -2.08. The zero-order valence-corrected chi connectivity index (χ0v) is 11.7. The van der Waals surface area contributed by atoms with E-state index in [0.717, 1.165) is 0 Å². The van der Waals surface area contributed by atoms with Gasteiger partial charge in [-0.25, -0.2) is 9.78 Å². The van der Waals surface area contributed by atoms with Crippen LogP contribution in [0.25, 0.3) is 0 Å². The molecule has 1 heterocycles. The highest BCUT2D eigenvalue weighted by Crippen LogP contribution is 2.25. The lowest BCUT2D eigenvalue weighted by atomic mass is 10.2. The highest BCUT2D eigenvalue weighted by Gasteiger charge is 2.08. The van der Waals surface area contributed by atoms with Crippen molar-refractivity contribution in [2.45, 2.75) is 6.92 Å². The monoisotopic (exact) mass is 294 g/mol. The van der Waals surface area contributed by atoms with Crippen molar-refractivity contribution in [2.24, 2.45) is 0 Å². The smallest absolute Gasteiger partial charge is 0.338 e. The molecule has 0 saturated carbocycles. The summed E-state index contributed by atoms with van der Waals surface area (Å²) < 4.78 is 10.5. The second kappa shape index (κ2) is 7.35. The Hall–Kier alpha value is -2.27. The van der Waals surface area contributed by atoms with Gasteiger partial charge in [0.05, 0.1) is 12.2 Å². The number of anilines is 1. The van der Waals surface area contributed by atoms with E-state index in [1.165, 1.54) is 0 Å². The summed E-state index contributed by atoms with van der Waals surface area (Å²) in [6.45, 7) is 2.09. The van der Waals surface area contributed by atoms with E-state index in [1.807, 2.05) is 0 Å². The second-order valence-electron chi connectivity index (χ2n) is 3.74. The van der Waals surface area contributed by atoms with Gasteiger partial charge in [0.25, 0.3) is 0 Å². The molecule has 2 N–H and O–H groups in total. The van der Waals surface area contributed by atoms with Crippen LogP contribution in [-0.4, -0.2) is 17.6 Å². The van der Waals surface area contributed by atoms with Gasteiger partial charge in [0.1, 0.15) is 5.75 Å². The first kappa shape index (κ1) is 15.8. The summed E-state index contributed by atoms with van der Waals surface area (Å²) in [7, 11) is 0. The zero-order valence-electron chi connectivity index (χ0n) is 10.9. The first-order chi connectivity index (χ1) is 9.20. The van der Waals surface area contributed by atoms with Gasteiger partial charge in [-0.2, -0.15) is 0 Å². The second-order valence-corrected chi connectivity index (χ2v) is 3.74. The molecule has 5 nitrogen and oxygen atoms in total. The molecule has 0 saturated heterocycles. The number of hydrogen-bond donors (Lipinski definition) is 1. The molecule has 2 aromatic rings. The fourth-order valence-electron chi connectivity index (χ4n) is 1.52. The fraction of sp³-hybridized carbons (Fsp3) is 0.143. The van der Waals surface area contributed by atoms with E-state index >= 15 is 0 Å². The molecule has 0 aliphatic rings. The summed E-state index contributed by atoms with van der Waals surface area (Å²) in [6, 6.07) is 10.1. The summed E-state index contributed by atoms with van der Waals surface area (Å²) in [4.78, 5) is 15.5. The number of nitrogen functional groups attached to an aromatic ring is 1. The van der Waals surface area contributed by atoms with Crippen LogP contribution in [0.15, 0.2) is 42.6 Å². The lowest BCUT2D eigenvalue weighted by molar-refractivity contribution is 0.0526. The van der Waals surface area contributed by atoms with Crippen molar-refractivity contribution in [3.05, 3.63) is 48.2 Å². The van der Waals surface area contributed by atoms with Gasteiger partial charge in [0.2, 0.25) is 0 Å². The lowest BCUT2D eigenvalue weighted by Crippen LogP contribution is -2.04. The fourth-order valence-corrected chi connectivity index (χ4v) is 1.52. The molecular weight excluding hydrogens is 280 g/mol. The number of rotatable bonds is 4. The molecule has 0 amide bonds. The summed E-state index contributed by atoms with van der Waals surface area (Å²) in [5.41, 5.74) is 6.12. The maximum Gasteiger partial charge on any atom is 0.338 e. The Kier molecular flexibility index (Phi) is 5.80. The molecule has 0 aliphatic heterocycles. The third-order valence-electron chi connectivity index (χ3n) is 2.37. The third kappa shape index (κ3) is 3.86. The highest BCUT2D eigenvalue weighted by molar-refractivity contribution is 5.89. The van der Waals surface area contributed by atoms with Crippen molar-refractivity contribution in [3.8, 4) is 11.5 Å². The van der Waals surface area contributed by atoms with Crippen molar-refractivity contribution in [1.29, 1.82) is 0 Å². The van der Waals surface area contributed by atoms with Gasteiger partial charge in [-0.1, -0.05) is 6.07 Å². The molecule has 0 unspecified atom stereocenters. The maximum absolute atomic E-state index is 11.6. The van der Waals surface area contributed by atoms with Crippen LogP contribution >= 0.6 is 12.4 Å². The van der Waals surface area contributed by atoms with Crippen LogP contribution in [0.4, 0.5) is 5.82 Å². The molecule has 20 heavy (non-hydrogen) atoms. The van der Waals surface area contributed by atoms with Crippen LogP contribution in [0.1, 0.15) is 17.3 Å². The van der Waals surface area contributed by atoms with Crippen molar-refractivity contribution in [1.82, 2.24) is 4.98 Å². The van der Waals surface area contributed by atoms with Crippen LogP contribution in [0.3, 0.4) is 0 Å². The number of esters is 1. The molecule has 0 atom stereocenters. The topological polar surface area (TPSA) is 74.4 Å². The van der Waals surface area contributed by atoms with E-state index in [1.54, 1.807) is 49.5 Å². The van der Waals surface area contributed by atoms with Gasteiger partial charge in [-0.05, 0) is 37.3 Å². The minimum atomic E-state index is -0.382. The van der Waals surface area contributed by atoms with Crippen molar-refractivity contribution < 1.29 is 14.3 Å². The van der Waals surface area contributed by atoms with Gasteiger partial charge >= 0.3 is 5.97 Å². The van der Waals surface area contributed by atoms with Crippen molar-refractivity contribution in [2.75, 3.05) is 12.3 Å². The standard InChI is InChI=1S/C14H14N2O3.ClH/c1-2-18-14(17)10-5-3-6-11(9-10)19-12-7-4-8-16-13(12)15;/h3-9H,2H2,1H3,(H2,15,16);1H. The first-order valence-electron chi connectivity index (χ1n) is 5.86. The molecule has 1 aromatic heterocycles. The van der Waals surface area contributed by atoms with Crippen LogP contribution in [-0.2, 0) is 4.74 Å². The van der Waals surface area contributed by atoms with E-state index in [-0.39, 0.29) is 18.4 Å². The summed E-state index contributed by atoms with van der Waals surface area (Å²) in [6.07, 6.45) is 1.58. The average Bonchev–Trinajstić information content (AvgIpc) is 2.42. The minimum Gasteiger partial charge on any atom is -0.462 e. The van der Waals surface area contributed by atoms with Gasteiger partial charge < -0.3 is 15.2 Å². The van der Waals surface area contributed by atoms with Crippen LogP contribution in [0, 0.1) is 0 Å². The number of pyridine rings is 1. The average molecular weight is 295 g/mol. The Bertz CT molecular complexity index is 590. The third-order valence-corrected chi connectivity index (χ3v) is 2.37. The molecule has 1 aromatic carbocycles. The first-order valence-corrected chi connectivity index (χ1v) is 5.86. The molecule has 0 bridgehead atoms. The highest BCUT2D eigenvalue weighted by atomic mass is 35.5. The van der Waals surface area contributed by atoms with E-state index < -0.39 is 0 Å². The predicted molar refractivity (Wildman–Crippen MR) is 78.4 cm³/mol. The number of carbonyl (C=O) groups is 1. The molecule has 0 radical (unpaired) electrons. The van der Waals surface area contributed by atoms with Gasteiger partial charge in [-0.15, -0.1) is 12.4 Å². The van der Waals surface area contributed by atoms with E-state index in [9.17, 15) is 4.79 Å². The van der Waals surface area contributed by atoms with Crippen LogP contribution in [0.5, 0.6) is 11.5 Å². The predicted octanol–water partition coefficient (Wildman–Crippen LogP) is 3.05. The number of aromatic nitrogens is 1. The molecule has 106 valence electrons. The number of nitrogens with zero attached hydrogens (tertiary/aromatic N) is 1. The van der Waals surface area contributed by atoms with E-state index in [0.29, 0.717) is 29.5 Å². The number of benzene rings is 1. The Labute approximate surface area is 123 Å². The molecule has 0 aliphatic carbocycles. The zero-order chi connectivity index (χ0) is 13.7. The van der Waals surface area contributed by atoms with E-state index in [2.05, 4.69) is 4.98 Å². The van der Waals surface area contributed by atoms with E-state index in [4.69, 9.17) is 15.2 Å². The molecular formula is C14H15ClN2O3. The Morgan fingerprint density at radius 1 is 1.30 bits per heavy atom. The van der Waals surface area contributed by atoms with Crippen LogP contribution in [0.2, 0.25) is 0 Å². The number of ether oxygens (including phenoxy) is 2. The molecule has 6 heteroatoms. The Balaban J connectivity index is 0.00000200. The normalized spacial score (nSPS) is 9.45. The number of halogens is 1. The molecule has 0 fully saturated rings.